The van der Waals surface area contributed by atoms with Gasteiger partial charge in [-0.1, -0.05) is 13.8 Å². The third kappa shape index (κ3) is 1.31. The van der Waals surface area contributed by atoms with Crippen molar-refractivity contribution in [1.82, 2.24) is 5.32 Å². The minimum atomic E-state index is 0.580. The molecule has 0 aromatic heterocycles. The van der Waals surface area contributed by atoms with E-state index < -0.39 is 0 Å². The summed E-state index contributed by atoms with van der Waals surface area (Å²) >= 11 is 0. The van der Waals surface area contributed by atoms with E-state index in [1.165, 1.54) is 32.2 Å². The van der Waals surface area contributed by atoms with Gasteiger partial charge in [-0.15, -0.1) is 0 Å². The van der Waals surface area contributed by atoms with Gasteiger partial charge in [0.25, 0.3) is 0 Å². The minimum absolute atomic E-state index is 0.580. The molecule has 1 nitrogen and oxygen atoms in total. The fourth-order valence-corrected chi connectivity index (χ4v) is 2.43. The topological polar surface area (TPSA) is 12.0 Å². The van der Waals surface area contributed by atoms with Crippen LogP contribution in [0.5, 0.6) is 0 Å². The SMILES string of the molecule is CC(C)(C1CC1)C1CCCN1. The maximum atomic E-state index is 3.62. The molecule has 1 aliphatic carbocycles. The molecule has 2 rings (SSSR count). The average Bonchev–Trinajstić information content (AvgIpc) is 2.66. The molecule has 1 atom stereocenters. The third-order valence-corrected chi connectivity index (χ3v) is 3.59. The normalized spacial score (nSPS) is 32.7. The Hall–Kier alpha value is -0.0400. The summed E-state index contributed by atoms with van der Waals surface area (Å²) in [7, 11) is 0. The molecule has 0 amide bonds. The van der Waals surface area contributed by atoms with Crippen LogP contribution in [0, 0.1) is 11.3 Å². The van der Waals surface area contributed by atoms with Crippen LogP contribution in [-0.2, 0) is 0 Å². The average molecular weight is 153 g/mol. The van der Waals surface area contributed by atoms with Crippen LogP contribution in [0.3, 0.4) is 0 Å². The van der Waals surface area contributed by atoms with Gasteiger partial charge in [-0.2, -0.15) is 0 Å². The first kappa shape index (κ1) is 7.60. The minimum Gasteiger partial charge on any atom is -0.313 e. The summed E-state index contributed by atoms with van der Waals surface area (Å²) in [6, 6.07) is 0.815. The molecule has 0 aromatic carbocycles. The van der Waals surface area contributed by atoms with E-state index >= 15 is 0 Å². The summed E-state index contributed by atoms with van der Waals surface area (Å²) in [4.78, 5) is 0. The van der Waals surface area contributed by atoms with Crippen LogP contribution >= 0.6 is 0 Å². The lowest BCUT2D eigenvalue weighted by Gasteiger charge is -2.31. The van der Waals surface area contributed by atoms with E-state index in [4.69, 9.17) is 0 Å². The van der Waals surface area contributed by atoms with E-state index in [2.05, 4.69) is 19.2 Å². The molecule has 11 heavy (non-hydrogen) atoms. The molecule has 64 valence electrons. The molecule has 1 heterocycles. The van der Waals surface area contributed by atoms with Crippen molar-refractivity contribution in [2.45, 2.75) is 45.6 Å². The molecule has 1 saturated carbocycles. The molecule has 1 saturated heterocycles. The van der Waals surface area contributed by atoms with Gasteiger partial charge in [-0.25, -0.2) is 0 Å². The molecule has 0 spiro atoms. The number of hydrogen-bond acceptors (Lipinski definition) is 1. The quantitative estimate of drug-likeness (QED) is 0.641. The van der Waals surface area contributed by atoms with Crippen molar-refractivity contribution in [3.8, 4) is 0 Å². The molecular formula is C10H19N. The van der Waals surface area contributed by atoms with Crippen LogP contribution in [0.2, 0.25) is 0 Å². The van der Waals surface area contributed by atoms with Gasteiger partial charge in [0.05, 0.1) is 0 Å². The summed E-state index contributed by atoms with van der Waals surface area (Å²) in [6.45, 7) is 6.13. The maximum Gasteiger partial charge on any atom is 0.0121 e. The highest BCUT2D eigenvalue weighted by molar-refractivity contribution is 4.97. The first-order valence-corrected chi connectivity index (χ1v) is 4.94. The predicted molar refractivity (Wildman–Crippen MR) is 47.5 cm³/mol. The molecule has 1 heteroatoms. The Labute approximate surface area is 69.6 Å². The summed E-state index contributed by atoms with van der Waals surface area (Å²) in [5.41, 5.74) is 0.580. The largest absolute Gasteiger partial charge is 0.313 e. The monoisotopic (exact) mass is 153 g/mol. The van der Waals surface area contributed by atoms with Gasteiger partial charge in [-0.05, 0) is 43.6 Å². The second-order valence-corrected chi connectivity index (χ2v) is 4.74. The highest BCUT2D eigenvalue weighted by atomic mass is 15.0. The van der Waals surface area contributed by atoms with Crippen molar-refractivity contribution in [3.05, 3.63) is 0 Å². The van der Waals surface area contributed by atoms with Gasteiger partial charge in [0.1, 0.15) is 0 Å². The Morgan fingerprint density at radius 3 is 2.36 bits per heavy atom. The molecule has 1 unspecified atom stereocenters. The van der Waals surface area contributed by atoms with Gasteiger partial charge in [-0.3, -0.25) is 0 Å². The molecule has 0 radical (unpaired) electrons. The predicted octanol–water partition coefficient (Wildman–Crippen LogP) is 2.17. The second kappa shape index (κ2) is 2.48. The zero-order valence-corrected chi connectivity index (χ0v) is 7.69. The van der Waals surface area contributed by atoms with Crippen molar-refractivity contribution < 1.29 is 0 Å². The zero-order valence-electron chi connectivity index (χ0n) is 7.69. The number of nitrogens with one attached hydrogen (secondary N) is 1. The standard InChI is InChI=1S/C10H19N/c1-10(2,8-5-6-8)9-4-3-7-11-9/h8-9,11H,3-7H2,1-2H3. The summed E-state index contributed by atoms with van der Waals surface area (Å²) in [5.74, 6) is 1.03. The van der Waals surface area contributed by atoms with Crippen molar-refractivity contribution in [2.75, 3.05) is 6.54 Å². The molecule has 1 N–H and O–H groups in total. The fourth-order valence-electron chi connectivity index (χ4n) is 2.43. The lowest BCUT2D eigenvalue weighted by atomic mass is 9.79. The molecule has 2 fully saturated rings. The Balaban J connectivity index is 1.99. The van der Waals surface area contributed by atoms with Crippen LogP contribution in [0.1, 0.15) is 39.5 Å². The van der Waals surface area contributed by atoms with Crippen molar-refractivity contribution in [1.29, 1.82) is 0 Å². The molecule has 2 aliphatic rings. The lowest BCUT2D eigenvalue weighted by molar-refractivity contribution is 0.222. The fraction of sp³-hybridized carbons (Fsp3) is 1.00. The highest BCUT2D eigenvalue weighted by Crippen LogP contribution is 2.48. The van der Waals surface area contributed by atoms with Crippen LogP contribution in [0.15, 0.2) is 0 Å². The van der Waals surface area contributed by atoms with E-state index in [0.29, 0.717) is 5.41 Å². The Morgan fingerprint density at radius 2 is 1.91 bits per heavy atom. The Kier molecular flexibility index (Phi) is 1.71. The lowest BCUT2D eigenvalue weighted by Crippen LogP contribution is -2.38. The van der Waals surface area contributed by atoms with Gasteiger partial charge in [0, 0.05) is 6.04 Å². The van der Waals surface area contributed by atoms with Crippen molar-refractivity contribution in [2.24, 2.45) is 11.3 Å². The van der Waals surface area contributed by atoms with Gasteiger partial charge in [0.15, 0.2) is 0 Å². The van der Waals surface area contributed by atoms with Crippen LogP contribution in [-0.4, -0.2) is 12.6 Å². The second-order valence-electron chi connectivity index (χ2n) is 4.74. The molecule has 0 bridgehead atoms. The number of rotatable bonds is 2. The molecular weight excluding hydrogens is 134 g/mol. The third-order valence-electron chi connectivity index (χ3n) is 3.59. The zero-order chi connectivity index (χ0) is 7.90. The first-order valence-electron chi connectivity index (χ1n) is 4.94. The molecule has 0 aromatic rings. The number of hydrogen-bond donors (Lipinski definition) is 1. The van der Waals surface area contributed by atoms with Gasteiger partial charge < -0.3 is 5.32 Å². The van der Waals surface area contributed by atoms with Crippen LogP contribution in [0.4, 0.5) is 0 Å². The van der Waals surface area contributed by atoms with E-state index in [1.54, 1.807) is 0 Å². The Morgan fingerprint density at radius 1 is 1.18 bits per heavy atom. The summed E-state index contributed by atoms with van der Waals surface area (Å²) in [5, 5.41) is 3.62. The first-order chi connectivity index (χ1) is 5.21. The Bertz CT molecular complexity index is 141. The maximum absolute atomic E-state index is 3.62. The summed E-state index contributed by atoms with van der Waals surface area (Å²) < 4.78 is 0. The summed E-state index contributed by atoms with van der Waals surface area (Å²) in [6.07, 6.45) is 5.75. The van der Waals surface area contributed by atoms with E-state index in [0.717, 1.165) is 12.0 Å². The van der Waals surface area contributed by atoms with Crippen molar-refractivity contribution in [3.63, 3.8) is 0 Å². The van der Waals surface area contributed by atoms with E-state index in [9.17, 15) is 0 Å². The highest BCUT2D eigenvalue weighted by Gasteiger charge is 2.43. The molecule has 1 aliphatic heterocycles. The van der Waals surface area contributed by atoms with E-state index in [1.807, 2.05) is 0 Å². The smallest absolute Gasteiger partial charge is 0.0121 e. The van der Waals surface area contributed by atoms with Gasteiger partial charge >= 0.3 is 0 Å². The van der Waals surface area contributed by atoms with Crippen LogP contribution < -0.4 is 5.32 Å². The van der Waals surface area contributed by atoms with Gasteiger partial charge in [0.2, 0.25) is 0 Å². The van der Waals surface area contributed by atoms with Crippen LogP contribution in [0.25, 0.3) is 0 Å². The van der Waals surface area contributed by atoms with E-state index in [-0.39, 0.29) is 0 Å². The van der Waals surface area contributed by atoms with Crippen molar-refractivity contribution >= 4 is 0 Å².